The molecular formula is C99H60O3. The molecule has 474 valence electrons. The van der Waals surface area contributed by atoms with Crippen LogP contribution in [0.3, 0.4) is 0 Å². The fourth-order valence-corrected chi connectivity index (χ4v) is 19.4. The smallest absolute Gasteiger partial charge is 0.116 e. The van der Waals surface area contributed by atoms with E-state index in [1.165, 1.54) is 82.4 Å². The van der Waals surface area contributed by atoms with Crippen LogP contribution in [-0.2, 0) is 16.2 Å². The van der Waals surface area contributed by atoms with E-state index in [2.05, 4.69) is 309 Å². The molecule has 0 amide bonds. The summed E-state index contributed by atoms with van der Waals surface area (Å²) >= 11 is 0. The monoisotopic (exact) mass is 1300 g/mol. The molecule has 3 aliphatic rings. The van der Waals surface area contributed by atoms with E-state index in [0.29, 0.717) is 0 Å². The van der Waals surface area contributed by atoms with Crippen LogP contribution in [0.4, 0.5) is 0 Å². The molecule has 0 aromatic heterocycles. The maximum atomic E-state index is 11.2. The number of rotatable bonds is 6. The molecule has 3 atom stereocenters. The van der Waals surface area contributed by atoms with Gasteiger partial charge in [0.1, 0.15) is 17.2 Å². The molecule has 102 heavy (non-hydrogen) atoms. The third-order valence-electron chi connectivity index (χ3n) is 23.6. The molecule has 3 N–H and O–H groups in total. The van der Waals surface area contributed by atoms with Crippen LogP contribution >= 0.6 is 0 Å². The predicted octanol–water partition coefficient (Wildman–Crippen LogP) is 24.3. The summed E-state index contributed by atoms with van der Waals surface area (Å²) in [6.45, 7) is 0. The Morgan fingerprint density at radius 1 is 0.157 bits per heavy atom. The third kappa shape index (κ3) is 7.63. The molecule has 0 heterocycles. The predicted molar refractivity (Wildman–Crippen MR) is 421 cm³/mol. The largest absolute Gasteiger partial charge is 0.508 e. The Morgan fingerprint density at radius 3 is 0.608 bits per heavy atom. The Kier molecular flexibility index (Phi) is 11.6. The van der Waals surface area contributed by atoms with Crippen LogP contribution < -0.4 is 0 Å². The zero-order chi connectivity index (χ0) is 67.3. The minimum Gasteiger partial charge on any atom is -0.508 e. The van der Waals surface area contributed by atoms with Gasteiger partial charge in [-0.05, 0) is 306 Å². The molecule has 19 aromatic carbocycles. The van der Waals surface area contributed by atoms with Gasteiger partial charge in [-0.2, -0.15) is 0 Å². The van der Waals surface area contributed by atoms with Crippen molar-refractivity contribution in [3.63, 3.8) is 0 Å². The van der Waals surface area contributed by atoms with Crippen molar-refractivity contribution in [3.8, 4) is 50.6 Å². The molecule has 0 bridgehead atoms. The number of phenolic OH excluding ortho intramolecular Hbond substituents is 3. The average Bonchev–Trinajstić information content (AvgIpc) is 1.46. The minimum absolute atomic E-state index is 0.222. The summed E-state index contributed by atoms with van der Waals surface area (Å²) in [5.74, 6) is 0.667. The highest BCUT2D eigenvalue weighted by atomic mass is 16.3. The maximum absolute atomic E-state index is 11.2. The number of hydrogen-bond donors (Lipinski definition) is 3. The standard InChI is InChI=1S/C99H60O3/c100-82-40-31-67-49-76(37-28-70(67)55-82)97(79-34-25-64-43-58-13-1-4-16-61(58)46-73(64)52-79)88-22-10-7-19-85(88)91-94(97)92-86-20-8-11-23-89(86)98(77-38-29-71-56-83(101)41-32-68(71)50-77,80-35-26-65-44-59-14-2-5-17-62(59)47-74(65)53-80)96(92)93-87-21-9-12-24-90(87)99(95(91)93,78-39-30-72-57-84(102)42-33-69(72)51-78)81-36-27-66-45-60-15-3-6-18-63(60)48-75(66)54-81/h1-57,100-102H. The van der Waals surface area contributed by atoms with E-state index in [9.17, 15) is 15.3 Å². The van der Waals surface area contributed by atoms with Gasteiger partial charge in [0.2, 0.25) is 0 Å². The lowest BCUT2D eigenvalue weighted by atomic mass is 9.60. The van der Waals surface area contributed by atoms with Gasteiger partial charge in [-0.3, -0.25) is 0 Å². The number of fused-ring (bicyclic) bond motifs is 21. The van der Waals surface area contributed by atoms with E-state index in [1.54, 1.807) is 0 Å². The van der Waals surface area contributed by atoms with Gasteiger partial charge in [-0.15, -0.1) is 0 Å². The third-order valence-corrected chi connectivity index (χ3v) is 23.6. The van der Waals surface area contributed by atoms with E-state index in [0.717, 1.165) is 115 Å². The maximum Gasteiger partial charge on any atom is 0.116 e. The van der Waals surface area contributed by atoms with Crippen molar-refractivity contribution >= 4 is 97.0 Å². The SMILES string of the molecule is Oc1ccc2cc(C3(c4ccc5cc6ccccc6cc5c4)c4ccccc4-c4c3c3c(c5c4C(c4ccc6cc(O)ccc6c4)(c4ccc6cc7ccccc7cc6c4)c4ccccc4-5)C(c4ccc5cc(O)ccc5c4)(c4ccc5cc6ccccc6cc5c4)c4ccccc4-3)ccc2c1. The van der Waals surface area contributed by atoms with Crippen molar-refractivity contribution in [3.05, 3.63) is 413 Å². The van der Waals surface area contributed by atoms with E-state index in [-0.39, 0.29) is 17.2 Å². The van der Waals surface area contributed by atoms with Crippen LogP contribution in [0, 0.1) is 0 Å². The summed E-state index contributed by atoms with van der Waals surface area (Å²) in [5.41, 5.74) is 17.8. The van der Waals surface area contributed by atoms with Crippen molar-refractivity contribution in [2.45, 2.75) is 16.2 Å². The lowest BCUT2D eigenvalue weighted by Crippen LogP contribution is -2.33. The molecule has 0 radical (unpaired) electrons. The molecule has 22 rings (SSSR count). The zero-order valence-corrected chi connectivity index (χ0v) is 55.3. The molecule has 0 fully saturated rings. The summed E-state index contributed by atoms with van der Waals surface area (Å²) in [6.07, 6.45) is 0. The Morgan fingerprint density at radius 2 is 0.343 bits per heavy atom. The van der Waals surface area contributed by atoms with Crippen LogP contribution in [0.2, 0.25) is 0 Å². The molecule has 3 nitrogen and oxygen atoms in total. The highest BCUT2D eigenvalue weighted by Crippen LogP contribution is 2.73. The van der Waals surface area contributed by atoms with Gasteiger partial charge >= 0.3 is 0 Å². The lowest BCUT2D eigenvalue weighted by molar-refractivity contribution is 0.475. The highest BCUT2D eigenvalue weighted by molar-refractivity contribution is 6.12. The first-order chi connectivity index (χ1) is 50.2. The molecule has 0 spiro atoms. The highest BCUT2D eigenvalue weighted by Gasteiger charge is 2.61. The zero-order valence-electron chi connectivity index (χ0n) is 55.3. The average molecular weight is 1300 g/mol. The fraction of sp³-hybridized carbons (Fsp3) is 0.0303. The van der Waals surface area contributed by atoms with Gasteiger partial charge in [-0.1, -0.05) is 237 Å². The molecule has 19 aromatic rings. The number of aromatic hydroxyl groups is 3. The molecule has 3 aliphatic carbocycles. The lowest BCUT2D eigenvalue weighted by Gasteiger charge is -2.40. The second-order valence-corrected chi connectivity index (χ2v) is 28.7. The second kappa shape index (κ2) is 20.7. The second-order valence-electron chi connectivity index (χ2n) is 28.7. The Bertz CT molecular complexity index is 6280. The van der Waals surface area contributed by atoms with Crippen LogP contribution in [0.15, 0.2) is 346 Å². The fourth-order valence-electron chi connectivity index (χ4n) is 19.4. The molecule has 3 heteroatoms. The summed E-state index contributed by atoms with van der Waals surface area (Å²) < 4.78 is 0. The van der Waals surface area contributed by atoms with Crippen molar-refractivity contribution in [1.29, 1.82) is 0 Å². The van der Waals surface area contributed by atoms with Crippen molar-refractivity contribution in [1.82, 2.24) is 0 Å². The summed E-state index contributed by atoms with van der Waals surface area (Å²) in [5, 5.41) is 53.7. The van der Waals surface area contributed by atoms with Gasteiger partial charge in [0.25, 0.3) is 0 Å². The first-order valence-corrected chi connectivity index (χ1v) is 35.2. The quantitative estimate of drug-likeness (QED) is 0.145. The molecular weight excluding hydrogens is 1240 g/mol. The van der Waals surface area contributed by atoms with Gasteiger partial charge in [0.15, 0.2) is 0 Å². The number of benzene rings is 19. The van der Waals surface area contributed by atoms with Crippen molar-refractivity contribution in [2.75, 3.05) is 0 Å². The van der Waals surface area contributed by atoms with Gasteiger partial charge in [0, 0.05) is 0 Å². The van der Waals surface area contributed by atoms with Crippen LogP contribution in [0.1, 0.15) is 66.8 Å². The topological polar surface area (TPSA) is 60.7 Å². The van der Waals surface area contributed by atoms with E-state index >= 15 is 0 Å². The normalized spacial score (nSPS) is 17.1. The van der Waals surface area contributed by atoms with Gasteiger partial charge in [-0.25, -0.2) is 0 Å². The Labute approximate surface area is 588 Å². The molecule has 0 saturated heterocycles. The van der Waals surface area contributed by atoms with E-state index in [1.807, 2.05) is 36.4 Å². The number of phenols is 3. The van der Waals surface area contributed by atoms with E-state index < -0.39 is 16.2 Å². The van der Waals surface area contributed by atoms with Crippen LogP contribution in [-0.4, -0.2) is 15.3 Å². The van der Waals surface area contributed by atoms with Crippen LogP contribution in [0.25, 0.3) is 130 Å². The number of hydrogen-bond acceptors (Lipinski definition) is 3. The van der Waals surface area contributed by atoms with E-state index in [4.69, 9.17) is 0 Å². The first kappa shape index (κ1) is 56.9. The molecule has 0 saturated carbocycles. The van der Waals surface area contributed by atoms with Gasteiger partial charge < -0.3 is 15.3 Å². The molecule has 3 unspecified atom stereocenters. The summed E-state index contributed by atoms with van der Waals surface area (Å²) in [7, 11) is 0. The molecule has 0 aliphatic heterocycles. The summed E-state index contributed by atoms with van der Waals surface area (Å²) in [4.78, 5) is 0. The minimum atomic E-state index is -1.05. The summed E-state index contributed by atoms with van der Waals surface area (Å²) in [6, 6.07) is 129. The Balaban J connectivity index is 1.01. The first-order valence-electron chi connectivity index (χ1n) is 35.2. The van der Waals surface area contributed by atoms with Crippen LogP contribution in [0.5, 0.6) is 17.2 Å². The van der Waals surface area contributed by atoms with Crippen molar-refractivity contribution < 1.29 is 15.3 Å². The van der Waals surface area contributed by atoms with Gasteiger partial charge in [0.05, 0.1) is 16.2 Å². The van der Waals surface area contributed by atoms with Crippen molar-refractivity contribution in [2.24, 2.45) is 0 Å². The Hall–Kier alpha value is -13.1.